The van der Waals surface area contributed by atoms with Crippen molar-refractivity contribution in [3.8, 4) is 0 Å². The van der Waals surface area contributed by atoms with Crippen LogP contribution in [0.5, 0.6) is 0 Å². The lowest BCUT2D eigenvalue weighted by molar-refractivity contribution is 0.159. The summed E-state index contributed by atoms with van der Waals surface area (Å²) in [5, 5.41) is 8.01. The van der Waals surface area contributed by atoms with E-state index in [1.807, 2.05) is 0 Å². The van der Waals surface area contributed by atoms with Crippen LogP contribution in [0.1, 0.15) is 83.5 Å². The van der Waals surface area contributed by atoms with Crippen molar-refractivity contribution in [2.24, 2.45) is 17.8 Å². The molecule has 0 radical (unpaired) electrons. The molecule has 0 bridgehead atoms. The van der Waals surface area contributed by atoms with Gasteiger partial charge in [0.05, 0.1) is 6.17 Å². The largest absolute Gasteiger partial charge is 0.297 e. The average Bonchev–Trinajstić information content (AvgIpc) is 3.05. The van der Waals surface area contributed by atoms with E-state index >= 15 is 0 Å². The molecule has 2 saturated carbocycles. The zero-order valence-corrected chi connectivity index (χ0v) is 14.8. The van der Waals surface area contributed by atoms with Gasteiger partial charge >= 0.3 is 0 Å². The van der Waals surface area contributed by atoms with E-state index in [2.05, 4.69) is 22.8 Å². The molecule has 1 heterocycles. The molecule has 5 unspecified atom stereocenters. The molecule has 3 aliphatic carbocycles. The summed E-state index contributed by atoms with van der Waals surface area (Å²) in [5.74, 6) is 2.74. The number of fused-ring (bicyclic) bond motifs is 1. The van der Waals surface area contributed by atoms with Crippen LogP contribution in [0.3, 0.4) is 0 Å². The van der Waals surface area contributed by atoms with Crippen LogP contribution in [0.25, 0.3) is 0 Å². The molecule has 2 nitrogen and oxygen atoms in total. The van der Waals surface area contributed by atoms with E-state index < -0.39 is 0 Å². The predicted octanol–water partition coefficient (Wildman–Crippen LogP) is 4.76. The van der Waals surface area contributed by atoms with Gasteiger partial charge in [0.25, 0.3) is 0 Å². The summed E-state index contributed by atoms with van der Waals surface area (Å²) in [6, 6.07) is 1.55. The first-order chi connectivity index (χ1) is 11.4. The van der Waals surface area contributed by atoms with Crippen molar-refractivity contribution in [3.63, 3.8) is 0 Å². The third kappa shape index (κ3) is 3.85. The standard InChI is InChI=1S/C21H36N2/c1-2-8-16(9-3-1)14-15-17-10-4-5-11-18(17)21-22-19-12-6-7-13-20(19)23-21/h2,8,16-23H,1,3-7,9-15H2. The molecule has 4 rings (SSSR count). The van der Waals surface area contributed by atoms with Crippen LogP contribution in [0.2, 0.25) is 0 Å². The predicted molar refractivity (Wildman–Crippen MR) is 97.3 cm³/mol. The average molecular weight is 317 g/mol. The number of hydrogen-bond acceptors (Lipinski definition) is 2. The van der Waals surface area contributed by atoms with Gasteiger partial charge in [0.2, 0.25) is 0 Å². The van der Waals surface area contributed by atoms with E-state index in [0.717, 1.165) is 29.8 Å². The third-order valence-corrected chi connectivity index (χ3v) is 7.21. The van der Waals surface area contributed by atoms with E-state index in [9.17, 15) is 0 Å². The van der Waals surface area contributed by atoms with Crippen molar-refractivity contribution in [2.45, 2.75) is 102 Å². The number of hydrogen-bond donors (Lipinski definition) is 2. The van der Waals surface area contributed by atoms with Gasteiger partial charge in [0, 0.05) is 12.1 Å². The molecule has 23 heavy (non-hydrogen) atoms. The highest BCUT2D eigenvalue weighted by Gasteiger charge is 2.40. The second-order valence-electron chi connectivity index (χ2n) is 8.71. The Hall–Kier alpha value is -0.340. The van der Waals surface area contributed by atoms with Crippen molar-refractivity contribution >= 4 is 0 Å². The van der Waals surface area contributed by atoms with Gasteiger partial charge in [-0.15, -0.1) is 0 Å². The van der Waals surface area contributed by atoms with Crippen LogP contribution < -0.4 is 10.6 Å². The summed E-state index contributed by atoms with van der Waals surface area (Å²) in [6.45, 7) is 0. The summed E-state index contributed by atoms with van der Waals surface area (Å²) in [4.78, 5) is 0. The van der Waals surface area contributed by atoms with Crippen LogP contribution in [-0.4, -0.2) is 18.2 Å². The molecule has 2 N–H and O–H groups in total. The minimum atomic E-state index is 0.621. The second-order valence-corrected chi connectivity index (χ2v) is 8.71. The topological polar surface area (TPSA) is 24.1 Å². The fourth-order valence-electron chi connectivity index (χ4n) is 5.87. The van der Waals surface area contributed by atoms with Crippen LogP contribution in [0, 0.1) is 17.8 Å². The number of rotatable bonds is 4. The molecule has 0 amide bonds. The van der Waals surface area contributed by atoms with E-state index in [4.69, 9.17) is 0 Å². The minimum absolute atomic E-state index is 0.621. The van der Waals surface area contributed by atoms with Crippen molar-refractivity contribution in [2.75, 3.05) is 0 Å². The quantitative estimate of drug-likeness (QED) is 0.731. The maximum atomic E-state index is 4.01. The molecule has 3 fully saturated rings. The van der Waals surface area contributed by atoms with E-state index in [-0.39, 0.29) is 0 Å². The Balaban J connectivity index is 1.33. The molecule has 0 aromatic heterocycles. The second kappa shape index (κ2) is 7.70. The lowest BCUT2D eigenvalue weighted by Crippen LogP contribution is -2.45. The van der Waals surface area contributed by atoms with Crippen molar-refractivity contribution in [1.29, 1.82) is 0 Å². The van der Waals surface area contributed by atoms with E-state index in [1.165, 1.54) is 83.5 Å². The first-order valence-electron chi connectivity index (χ1n) is 10.6. The van der Waals surface area contributed by atoms with Crippen LogP contribution in [-0.2, 0) is 0 Å². The third-order valence-electron chi connectivity index (χ3n) is 7.21. The Kier molecular flexibility index (Phi) is 5.40. The van der Waals surface area contributed by atoms with Gasteiger partial charge in [-0.05, 0) is 69.1 Å². The van der Waals surface area contributed by atoms with Gasteiger partial charge in [-0.25, -0.2) is 0 Å². The summed E-state index contributed by atoms with van der Waals surface area (Å²) in [7, 11) is 0. The zero-order chi connectivity index (χ0) is 15.5. The maximum Gasteiger partial charge on any atom is 0.0608 e. The monoisotopic (exact) mass is 316 g/mol. The summed E-state index contributed by atoms with van der Waals surface area (Å²) in [6.07, 6.45) is 24.2. The van der Waals surface area contributed by atoms with Gasteiger partial charge in [-0.1, -0.05) is 44.3 Å². The number of allylic oxidation sites excluding steroid dienone is 2. The molecule has 0 spiro atoms. The molecule has 1 saturated heterocycles. The maximum absolute atomic E-state index is 4.01. The van der Waals surface area contributed by atoms with E-state index in [1.54, 1.807) is 0 Å². The summed E-state index contributed by atoms with van der Waals surface area (Å²) >= 11 is 0. The lowest BCUT2D eigenvalue weighted by Gasteiger charge is -2.36. The van der Waals surface area contributed by atoms with Gasteiger partial charge in [-0.2, -0.15) is 0 Å². The van der Waals surface area contributed by atoms with Gasteiger partial charge in [0.1, 0.15) is 0 Å². The van der Waals surface area contributed by atoms with Gasteiger partial charge in [0.15, 0.2) is 0 Å². The Morgan fingerprint density at radius 2 is 1.48 bits per heavy atom. The normalized spacial score (nSPS) is 44.2. The molecule has 130 valence electrons. The molecule has 0 aromatic rings. The highest BCUT2D eigenvalue weighted by molar-refractivity contribution is 4.99. The van der Waals surface area contributed by atoms with Crippen molar-refractivity contribution in [3.05, 3.63) is 12.2 Å². The Bertz CT molecular complexity index is 391. The van der Waals surface area contributed by atoms with Crippen molar-refractivity contribution < 1.29 is 0 Å². The first kappa shape index (κ1) is 16.1. The van der Waals surface area contributed by atoms with Gasteiger partial charge < -0.3 is 0 Å². The van der Waals surface area contributed by atoms with E-state index in [0.29, 0.717) is 6.17 Å². The summed E-state index contributed by atoms with van der Waals surface area (Å²) < 4.78 is 0. The Morgan fingerprint density at radius 3 is 2.22 bits per heavy atom. The fraction of sp³-hybridized carbons (Fsp3) is 0.905. The smallest absolute Gasteiger partial charge is 0.0608 e. The minimum Gasteiger partial charge on any atom is -0.297 e. The molecule has 1 aliphatic heterocycles. The molecular formula is C21H36N2. The highest BCUT2D eigenvalue weighted by atomic mass is 15.3. The highest BCUT2D eigenvalue weighted by Crippen LogP contribution is 2.38. The molecular weight excluding hydrogens is 280 g/mol. The Morgan fingerprint density at radius 1 is 0.739 bits per heavy atom. The van der Waals surface area contributed by atoms with Crippen LogP contribution >= 0.6 is 0 Å². The number of nitrogens with one attached hydrogen (secondary N) is 2. The van der Waals surface area contributed by atoms with Crippen LogP contribution in [0.4, 0.5) is 0 Å². The van der Waals surface area contributed by atoms with Crippen molar-refractivity contribution in [1.82, 2.24) is 10.6 Å². The SMILES string of the molecule is C1=CC(CCC2CCCCC2C2NC3CCCCC3N2)CCC1. The lowest BCUT2D eigenvalue weighted by atomic mass is 9.74. The van der Waals surface area contributed by atoms with Gasteiger partial charge in [-0.3, -0.25) is 10.6 Å². The summed E-state index contributed by atoms with van der Waals surface area (Å²) in [5.41, 5.74) is 0. The molecule has 4 aliphatic rings. The van der Waals surface area contributed by atoms with Crippen LogP contribution in [0.15, 0.2) is 12.2 Å². The first-order valence-corrected chi connectivity index (χ1v) is 10.6. The molecule has 2 heteroatoms. The Labute approximate surface area is 142 Å². The zero-order valence-electron chi connectivity index (χ0n) is 14.8. The fourth-order valence-corrected chi connectivity index (χ4v) is 5.87. The molecule has 0 aromatic carbocycles. The molecule has 5 atom stereocenters.